The van der Waals surface area contributed by atoms with Crippen LogP contribution in [0.4, 0.5) is 0 Å². The first kappa shape index (κ1) is 6.58. The standard InChI is InChI=1S/C8H10N2O/c1-6-9-5-8-7(10-6)3-2-4-11-8/h5H,2-4H2,1H3. The van der Waals surface area contributed by atoms with Gasteiger partial charge in [0.05, 0.1) is 18.5 Å². The van der Waals surface area contributed by atoms with E-state index in [2.05, 4.69) is 9.97 Å². The fourth-order valence-electron chi connectivity index (χ4n) is 1.23. The lowest BCUT2D eigenvalue weighted by Gasteiger charge is -2.15. The van der Waals surface area contributed by atoms with Gasteiger partial charge in [-0.15, -0.1) is 0 Å². The minimum atomic E-state index is 0.805. The minimum absolute atomic E-state index is 0.805. The summed E-state index contributed by atoms with van der Waals surface area (Å²) < 4.78 is 5.35. The van der Waals surface area contributed by atoms with Crippen LogP contribution in [-0.4, -0.2) is 16.6 Å². The molecule has 0 fully saturated rings. The van der Waals surface area contributed by atoms with Crippen LogP contribution >= 0.6 is 0 Å². The normalized spacial score (nSPS) is 15.4. The molecule has 0 radical (unpaired) electrons. The Hall–Kier alpha value is -1.12. The summed E-state index contributed by atoms with van der Waals surface area (Å²) in [7, 11) is 0. The van der Waals surface area contributed by atoms with Gasteiger partial charge in [0.15, 0.2) is 5.75 Å². The van der Waals surface area contributed by atoms with Crippen LogP contribution in [0.2, 0.25) is 0 Å². The van der Waals surface area contributed by atoms with Crippen LogP contribution < -0.4 is 4.74 Å². The summed E-state index contributed by atoms with van der Waals surface area (Å²) in [5, 5.41) is 0. The fourth-order valence-corrected chi connectivity index (χ4v) is 1.23. The summed E-state index contributed by atoms with van der Waals surface area (Å²) in [4.78, 5) is 8.33. The molecular weight excluding hydrogens is 140 g/mol. The van der Waals surface area contributed by atoms with Crippen LogP contribution in [0, 0.1) is 6.92 Å². The van der Waals surface area contributed by atoms with Gasteiger partial charge in [0, 0.05) is 0 Å². The molecule has 0 amide bonds. The number of hydrogen-bond acceptors (Lipinski definition) is 3. The first-order chi connectivity index (χ1) is 5.36. The minimum Gasteiger partial charge on any atom is -0.490 e. The van der Waals surface area contributed by atoms with E-state index in [0.29, 0.717) is 0 Å². The van der Waals surface area contributed by atoms with Crippen molar-refractivity contribution in [1.29, 1.82) is 0 Å². The molecule has 0 atom stereocenters. The van der Waals surface area contributed by atoms with Gasteiger partial charge in [-0.3, -0.25) is 0 Å². The van der Waals surface area contributed by atoms with Gasteiger partial charge in [0.1, 0.15) is 5.82 Å². The zero-order chi connectivity index (χ0) is 7.68. The Balaban J connectivity index is 2.43. The molecule has 1 aromatic rings. The average Bonchev–Trinajstić information content (AvgIpc) is 2.04. The van der Waals surface area contributed by atoms with E-state index in [1.165, 1.54) is 0 Å². The second-order valence-electron chi connectivity index (χ2n) is 2.68. The van der Waals surface area contributed by atoms with E-state index in [-0.39, 0.29) is 0 Å². The topological polar surface area (TPSA) is 35.0 Å². The monoisotopic (exact) mass is 150 g/mol. The Morgan fingerprint density at radius 1 is 1.55 bits per heavy atom. The van der Waals surface area contributed by atoms with Crippen molar-refractivity contribution in [2.24, 2.45) is 0 Å². The second-order valence-corrected chi connectivity index (χ2v) is 2.68. The molecule has 58 valence electrons. The molecule has 0 N–H and O–H groups in total. The average molecular weight is 150 g/mol. The first-order valence-electron chi connectivity index (χ1n) is 3.81. The van der Waals surface area contributed by atoms with Crippen molar-refractivity contribution in [2.75, 3.05) is 6.61 Å². The molecule has 1 aromatic heterocycles. The van der Waals surface area contributed by atoms with E-state index in [1.807, 2.05) is 6.92 Å². The molecule has 3 nitrogen and oxygen atoms in total. The van der Waals surface area contributed by atoms with Crippen molar-refractivity contribution < 1.29 is 4.74 Å². The molecule has 0 spiro atoms. The Kier molecular flexibility index (Phi) is 1.49. The van der Waals surface area contributed by atoms with E-state index >= 15 is 0 Å². The summed E-state index contributed by atoms with van der Waals surface area (Å²) >= 11 is 0. The maximum Gasteiger partial charge on any atom is 0.159 e. The molecule has 0 bridgehead atoms. The highest BCUT2D eigenvalue weighted by molar-refractivity contribution is 5.26. The lowest BCUT2D eigenvalue weighted by Crippen LogP contribution is -2.11. The molecule has 3 heteroatoms. The smallest absolute Gasteiger partial charge is 0.159 e. The molecular formula is C8H10N2O. The van der Waals surface area contributed by atoms with Crippen LogP contribution in [0.3, 0.4) is 0 Å². The lowest BCUT2D eigenvalue weighted by molar-refractivity contribution is 0.283. The van der Waals surface area contributed by atoms with E-state index < -0.39 is 0 Å². The predicted octanol–water partition coefficient (Wildman–Crippen LogP) is 1.11. The number of ether oxygens (including phenoxy) is 1. The van der Waals surface area contributed by atoms with Gasteiger partial charge in [-0.25, -0.2) is 9.97 Å². The number of fused-ring (bicyclic) bond motifs is 1. The third kappa shape index (κ3) is 1.18. The molecule has 0 aromatic carbocycles. The lowest BCUT2D eigenvalue weighted by atomic mass is 10.2. The van der Waals surface area contributed by atoms with E-state index in [4.69, 9.17) is 4.74 Å². The van der Waals surface area contributed by atoms with Gasteiger partial charge in [0.25, 0.3) is 0 Å². The zero-order valence-corrected chi connectivity index (χ0v) is 6.50. The van der Waals surface area contributed by atoms with Gasteiger partial charge < -0.3 is 4.74 Å². The SMILES string of the molecule is Cc1ncc2c(n1)CCCO2. The second kappa shape index (κ2) is 2.49. The first-order valence-corrected chi connectivity index (χ1v) is 3.81. The summed E-state index contributed by atoms with van der Waals surface area (Å²) in [6, 6.07) is 0. The fraction of sp³-hybridized carbons (Fsp3) is 0.500. The van der Waals surface area contributed by atoms with E-state index in [1.54, 1.807) is 6.20 Å². The van der Waals surface area contributed by atoms with Gasteiger partial charge in [-0.1, -0.05) is 0 Å². The maximum absolute atomic E-state index is 5.35. The van der Waals surface area contributed by atoms with Crippen LogP contribution in [-0.2, 0) is 6.42 Å². The van der Waals surface area contributed by atoms with Crippen molar-refractivity contribution in [3.05, 3.63) is 17.7 Å². The molecule has 1 aliphatic heterocycles. The van der Waals surface area contributed by atoms with Crippen molar-refractivity contribution in [3.8, 4) is 5.75 Å². The largest absolute Gasteiger partial charge is 0.490 e. The number of rotatable bonds is 0. The Morgan fingerprint density at radius 3 is 3.36 bits per heavy atom. The summed E-state index contributed by atoms with van der Waals surface area (Å²) in [5.41, 5.74) is 1.06. The molecule has 2 heterocycles. The third-order valence-electron chi connectivity index (χ3n) is 1.77. The molecule has 0 saturated heterocycles. The quantitative estimate of drug-likeness (QED) is 0.555. The third-order valence-corrected chi connectivity index (χ3v) is 1.77. The molecule has 2 rings (SSSR count). The number of nitrogens with zero attached hydrogens (tertiary/aromatic N) is 2. The van der Waals surface area contributed by atoms with Gasteiger partial charge in [-0.05, 0) is 19.8 Å². The van der Waals surface area contributed by atoms with Crippen LogP contribution in [0.5, 0.6) is 5.75 Å². The molecule has 0 unspecified atom stereocenters. The van der Waals surface area contributed by atoms with Gasteiger partial charge in [0.2, 0.25) is 0 Å². The van der Waals surface area contributed by atoms with E-state index in [9.17, 15) is 0 Å². The maximum atomic E-state index is 5.35. The predicted molar refractivity (Wildman–Crippen MR) is 40.6 cm³/mol. The number of aromatic nitrogens is 2. The number of hydrogen-bond donors (Lipinski definition) is 0. The summed E-state index contributed by atoms with van der Waals surface area (Å²) in [6.45, 7) is 2.70. The van der Waals surface area contributed by atoms with Crippen molar-refractivity contribution in [3.63, 3.8) is 0 Å². The van der Waals surface area contributed by atoms with Crippen LogP contribution in [0.15, 0.2) is 6.20 Å². The highest BCUT2D eigenvalue weighted by Crippen LogP contribution is 2.20. The highest BCUT2D eigenvalue weighted by atomic mass is 16.5. The Bertz CT molecular complexity index is 273. The van der Waals surface area contributed by atoms with Gasteiger partial charge in [-0.2, -0.15) is 0 Å². The van der Waals surface area contributed by atoms with Crippen LogP contribution in [0.25, 0.3) is 0 Å². The summed E-state index contributed by atoms with van der Waals surface area (Å²) in [5.74, 6) is 1.69. The van der Waals surface area contributed by atoms with Crippen molar-refractivity contribution >= 4 is 0 Å². The molecule has 0 aliphatic carbocycles. The zero-order valence-electron chi connectivity index (χ0n) is 6.50. The van der Waals surface area contributed by atoms with E-state index in [0.717, 1.165) is 36.7 Å². The van der Waals surface area contributed by atoms with Gasteiger partial charge >= 0.3 is 0 Å². The molecule has 11 heavy (non-hydrogen) atoms. The van der Waals surface area contributed by atoms with Crippen molar-refractivity contribution in [2.45, 2.75) is 19.8 Å². The Morgan fingerprint density at radius 2 is 2.45 bits per heavy atom. The van der Waals surface area contributed by atoms with Crippen molar-refractivity contribution in [1.82, 2.24) is 9.97 Å². The Labute approximate surface area is 65.4 Å². The summed E-state index contributed by atoms with van der Waals surface area (Å²) in [6.07, 6.45) is 3.86. The molecule has 1 aliphatic rings. The highest BCUT2D eigenvalue weighted by Gasteiger charge is 2.11. The number of aryl methyl sites for hydroxylation is 2. The van der Waals surface area contributed by atoms with Crippen LogP contribution in [0.1, 0.15) is 17.9 Å². The molecule has 0 saturated carbocycles.